The molecule has 0 spiro atoms. The zero-order valence-corrected chi connectivity index (χ0v) is 37.8. The van der Waals surface area contributed by atoms with Gasteiger partial charge in [0.15, 0.2) is 0 Å². The molecule has 63 heavy (non-hydrogen) atoms. The van der Waals surface area contributed by atoms with Gasteiger partial charge in [0.25, 0.3) is 0 Å². The predicted octanol–water partition coefficient (Wildman–Crippen LogP) is 16.0. The quantitative estimate of drug-likeness (QED) is 0.181. The molecule has 0 amide bonds. The molecule has 0 atom stereocenters. The Morgan fingerprint density at radius 2 is 1.24 bits per heavy atom. The van der Waals surface area contributed by atoms with Crippen LogP contribution in [0.25, 0.3) is 72.7 Å². The summed E-state index contributed by atoms with van der Waals surface area (Å²) in [7, 11) is 0. The first-order chi connectivity index (χ1) is 35.0. The van der Waals surface area contributed by atoms with Gasteiger partial charge in [0.1, 0.15) is 11.6 Å². The topological polar surface area (TPSA) is 50.9 Å². The SMILES string of the molecule is [2H]c1c([2H])c(C(C([2H])([2H])[2H])(C([2H])([2H])[2H])C([2H])([2H])[2H])c([2H])c([2H])c1-c1ccnc(-c2cc(-c3cccc4c3nc(-c3cc(C)cc(C(C)(C)C)c3O)n4-c3ccc(C(C)(C)C)cc3-c3ccccc3)cc(C(C)(C)C)c2)c1. The second kappa shape index (κ2) is 15.8. The maximum atomic E-state index is 12.4. The van der Waals surface area contributed by atoms with Crippen LogP contribution in [0.5, 0.6) is 5.75 Å². The molecule has 2 heterocycles. The van der Waals surface area contributed by atoms with Crippen molar-refractivity contribution in [2.45, 2.75) is 111 Å². The lowest BCUT2D eigenvalue weighted by Gasteiger charge is -2.24. The number of phenols is 1. The fraction of sp³-hybridized carbons (Fsp3) is 0.288. The third-order valence-corrected chi connectivity index (χ3v) is 11.6. The Kier molecular flexibility index (Phi) is 7.52. The van der Waals surface area contributed by atoms with Crippen molar-refractivity contribution in [2.75, 3.05) is 0 Å². The van der Waals surface area contributed by atoms with Gasteiger partial charge in [-0.15, -0.1) is 0 Å². The molecule has 320 valence electrons. The van der Waals surface area contributed by atoms with Gasteiger partial charge in [0.2, 0.25) is 0 Å². The molecule has 0 unspecified atom stereocenters. The first kappa shape index (κ1) is 29.9. The van der Waals surface area contributed by atoms with Gasteiger partial charge in [-0.05, 0) is 122 Å². The van der Waals surface area contributed by atoms with E-state index in [4.69, 9.17) is 27.8 Å². The molecule has 4 heteroatoms. The lowest BCUT2D eigenvalue weighted by atomic mass is 9.83. The van der Waals surface area contributed by atoms with Crippen LogP contribution in [0.15, 0.2) is 140 Å². The van der Waals surface area contributed by atoms with E-state index in [-0.39, 0.29) is 22.3 Å². The molecular formula is C59H63N3O. The minimum Gasteiger partial charge on any atom is -0.507 e. The van der Waals surface area contributed by atoms with E-state index < -0.39 is 66.5 Å². The van der Waals surface area contributed by atoms with Crippen molar-refractivity contribution in [3.05, 3.63) is 167 Å². The first-order valence-corrected chi connectivity index (χ1v) is 21.3. The van der Waals surface area contributed by atoms with Gasteiger partial charge in [0.05, 0.1) is 33.5 Å². The molecule has 8 aromatic rings. The molecular weight excluding hydrogens is 767 g/mol. The highest BCUT2D eigenvalue weighted by molar-refractivity contribution is 5.98. The van der Waals surface area contributed by atoms with E-state index in [2.05, 4.69) is 103 Å². The molecule has 0 saturated carbocycles. The van der Waals surface area contributed by atoms with Crippen LogP contribution >= 0.6 is 0 Å². The average Bonchev–Trinajstić information content (AvgIpc) is 3.71. The number of para-hydroxylation sites is 1. The summed E-state index contributed by atoms with van der Waals surface area (Å²) in [5.41, 5.74) is 5.05. The summed E-state index contributed by atoms with van der Waals surface area (Å²) in [5.74, 6) is 0.672. The molecule has 0 aliphatic carbocycles. The van der Waals surface area contributed by atoms with Gasteiger partial charge in [0, 0.05) is 40.8 Å². The summed E-state index contributed by atoms with van der Waals surface area (Å²) in [4.78, 5) is 10.3. The number of hydrogen-bond donors (Lipinski definition) is 1. The smallest absolute Gasteiger partial charge is 0.149 e. The van der Waals surface area contributed by atoms with E-state index in [1.807, 2.05) is 67.6 Å². The molecule has 0 fully saturated rings. The molecule has 2 aromatic heterocycles. The van der Waals surface area contributed by atoms with Gasteiger partial charge >= 0.3 is 0 Å². The maximum absolute atomic E-state index is 12.4. The van der Waals surface area contributed by atoms with E-state index in [1.165, 1.54) is 12.3 Å². The number of aromatic nitrogens is 3. The van der Waals surface area contributed by atoms with Gasteiger partial charge < -0.3 is 5.11 Å². The van der Waals surface area contributed by atoms with Crippen molar-refractivity contribution in [1.82, 2.24) is 14.5 Å². The molecule has 0 aliphatic heterocycles. The fourth-order valence-corrected chi connectivity index (χ4v) is 8.08. The lowest BCUT2D eigenvalue weighted by Crippen LogP contribution is -2.13. The molecule has 4 nitrogen and oxygen atoms in total. The number of pyridine rings is 1. The number of rotatable bonds is 6. The zero-order valence-electron chi connectivity index (χ0n) is 50.8. The second-order valence-corrected chi connectivity index (χ2v) is 19.7. The first-order valence-electron chi connectivity index (χ1n) is 27.8. The summed E-state index contributed by atoms with van der Waals surface area (Å²) < 4.78 is 113. The predicted molar refractivity (Wildman–Crippen MR) is 267 cm³/mol. The molecule has 8 rings (SSSR count). The van der Waals surface area contributed by atoms with Crippen molar-refractivity contribution in [2.24, 2.45) is 0 Å². The van der Waals surface area contributed by atoms with Crippen molar-refractivity contribution in [3.8, 4) is 67.5 Å². The van der Waals surface area contributed by atoms with Gasteiger partial charge in [-0.2, -0.15) is 0 Å². The van der Waals surface area contributed by atoms with Gasteiger partial charge in [-0.25, -0.2) is 4.98 Å². The normalized spacial score (nSPS) is 16.2. The van der Waals surface area contributed by atoms with Crippen LogP contribution in [-0.2, 0) is 21.7 Å². The number of aromatic hydroxyl groups is 1. The van der Waals surface area contributed by atoms with Gasteiger partial charge in [-0.3, -0.25) is 9.55 Å². The minimum atomic E-state index is -3.81. The lowest BCUT2D eigenvalue weighted by molar-refractivity contribution is 0.448. The molecule has 0 radical (unpaired) electrons. The number of fused-ring (bicyclic) bond motifs is 1. The number of nitrogens with zero attached hydrogens (tertiary/aromatic N) is 3. The molecule has 1 N–H and O–H groups in total. The Balaban J connectivity index is 1.40. The number of phenolic OH excluding ortho intramolecular Hbond substituents is 1. The van der Waals surface area contributed by atoms with Crippen LogP contribution in [0.2, 0.25) is 0 Å². The Labute approximate surface area is 394 Å². The number of imidazole rings is 1. The van der Waals surface area contributed by atoms with E-state index in [0.29, 0.717) is 28.2 Å². The number of aryl methyl sites for hydroxylation is 1. The highest BCUT2D eigenvalue weighted by Gasteiger charge is 2.28. The van der Waals surface area contributed by atoms with Crippen LogP contribution in [-0.4, -0.2) is 19.6 Å². The summed E-state index contributed by atoms with van der Waals surface area (Å²) in [6, 6.07) is 32.0. The highest BCUT2D eigenvalue weighted by atomic mass is 16.3. The Hall–Kier alpha value is -6.26. The standard InChI is InChI=1S/C59H63N3O/c1-37-30-48(54(63)49(31-37)59(11,12)13)55-61-53-46(20-17-21-52(53)62(55)51-27-26-44(57(5,6)7)36-47(51)39-18-15-14-16-19-39)41-32-42(34-45(33-41)58(8,9)10)50-35-40(28-29-60-50)38-22-24-43(25-23-38)56(2,3)4/h14-36,63H,1-13H3/i2D3,3D3,4D3,22D,23D,24D,25D. The van der Waals surface area contributed by atoms with Crippen LogP contribution in [0.1, 0.15) is 129 Å². The minimum absolute atomic E-state index is 0.134. The Morgan fingerprint density at radius 1 is 0.540 bits per heavy atom. The molecule has 6 aromatic carbocycles. The molecule has 0 aliphatic rings. The Bertz CT molecular complexity index is 3500. The van der Waals surface area contributed by atoms with Crippen molar-refractivity contribution in [3.63, 3.8) is 0 Å². The Morgan fingerprint density at radius 3 is 1.90 bits per heavy atom. The molecule has 0 saturated heterocycles. The zero-order chi connectivity index (χ0) is 56.2. The summed E-state index contributed by atoms with van der Waals surface area (Å²) in [6.45, 7) is 9.60. The number of hydrogen-bond acceptors (Lipinski definition) is 3. The summed E-state index contributed by atoms with van der Waals surface area (Å²) in [6.07, 6.45) is 1.44. The van der Waals surface area contributed by atoms with Crippen LogP contribution < -0.4 is 0 Å². The van der Waals surface area contributed by atoms with Crippen molar-refractivity contribution < 1.29 is 22.9 Å². The second-order valence-electron chi connectivity index (χ2n) is 19.7. The van der Waals surface area contributed by atoms with Crippen LogP contribution in [0, 0.1) is 6.92 Å². The van der Waals surface area contributed by atoms with E-state index in [0.717, 1.165) is 55.7 Å². The highest BCUT2D eigenvalue weighted by Crippen LogP contribution is 2.45. The van der Waals surface area contributed by atoms with Crippen molar-refractivity contribution in [1.29, 1.82) is 0 Å². The summed E-state index contributed by atoms with van der Waals surface area (Å²) >= 11 is 0. The molecule has 0 bridgehead atoms. The van der Waals surface area contributed by atoms with Crippen LogP contribution in [0.3, 0.4) is 0 Å². The fourth-order valence-electron chi connectivity index (χ4n) is 8.08. The van der Waals surface area contributed by atoms with E-state index in [1.54, 1.807) is 6.07 Å². The van der Waals surface area contributed by atoms with E-state index >= 15 is 0 Å². The summed E-state index contributed by atoms with van der Waals surface area (Å²) in [5, 5.41) is 12.4. The third kappa shape index (κ3) is 8.61. The van der Waals surface area contributed by atoms with E-state index in [9.17, 15) is 5.11 Å². The van der Waals surface area contributed by atoms with Gasteiger partial charge in [-0.1, -0.05) is 168 Å². The van der Waals surface area contributed by atoms with Crippen molar-refractivity contribution >= 4 is 11.0 Å². The van der Waals surface area contributed by atoms with Crippen LogP contribution in [0.4, 0.5) is 0 Å². The third-order valence-electron chi connectivity index (χ3n) is 11.6. The maximum Gasteiger partial charge on any atom is 0.149 e. The monoisotopic (exact) mass is 843 g/mol. The average molecular weight is 843 g/mol. The number of benzene rings is 6. The largest absolute Gasteiger partial charge is 0.507 e.